The summed E-state index contributed by atoms with van der Waals surface area (Å²) in [4.78, 5) is 24.1. The van der Waals surface area contributed by atoms with Crippen LogP contribution in [0.25, 0.3) is 0 Å². The van der Waals surface area contributed by atoms with Crippen LogP contribution in [0.5, 0.6) is 0 Å². The molecular formula is C16H14F3NO4. The van der Waals surface area contributed by atoms with Crippen LogP contribution in [0.3, 0.4) is 0 Å². The molecule has 1 N–H and O–H groups in total. The third-order valence-electron chi connectivity index (χ3n) is 3.20. The molecule has 0 saturated heterocycles. The fraction of sp³-hybridized carbons (Fsp3) is 0.250. The molecule has 2 aromatic rings. The molecule has 1 aromatic heterocycles. The van der Waals surface area contributed by atoms with Crippen LogP contribution in [0.4, 0.5) is 13.2 Å². The van der Waals surface area contributed by atoms with Crippen LogP contribution < -0.4 is 0 Å². The maximum Gasteiger partial charge on any atom is 0.390 e. The number of carbonyl (C=O) groups is 2. The molecule has 0 spiro atoms. The molecule has 0 aliphatic carbocycles. The summed E-state index contributed by atoms with van der Waals surface area (Å²) in [6.45, 7) is -0.598. The van der Waals surface area contributed by atoms with Crippen molar-refractivity contribution < 1.29 is 32.3 Å². The number of aromatic carboxylic acids is 1. The molecule has 2 rings (SSSR count). The van der Waals surface area contributed by atoms with Gasteiger partial charge in [0.2, 0.25) is 5.76 Å². The highest BCUT2D eigenvalue weighted by molar-refractivity contribution is 5.93. The van der Waals surface area contributed by atoms with Crippen molar-refractivity contribution in [3.63, 3.8) is 0 Å². The molecule has 1 amide bonds. The summed E-state index contributed by atoms with van der Waals surface area (Å²) in [7, 11) is 0. The molecule has 0 atom stereocenters. The highest BCUT2D eigenvalue weighted by Crippen LogP contribution is 2.22. The van der Waals surface area contributed by atoms with Crippen LogP contribution in [0.2, 0.25) is 0 Å². The van der Waals surface area contributed by atoms with Crippen LogP contribution in [0.1, 0.15) is 33.1 Å². The van der Waals surface area contributed by atoms with E-state index >= 15 is 0 Å². The van der Waals surface area contributed by atoms with E-state index in [9.17, 15) is 22.8 Å². The summed E-state index contributed by atoms with van der Waals surface area (Å²) in [6, 6.07) is 10.7. The Morgan fingerprint density at radius 2 is 1.67 bits per heavy atom. The summed E-state index contributed by atoms with van der Waals surface area (Å²) in [5.74, 6) is -2.92. The number of rotatable bonds is 6. The first-order valence-electron chi connectivity index (χ1n) is 6.99. The summed E-state index contributed by atoms with van der Waals surface area (Å²) in [5, 5.41) is 8.80. The molecule has 0 aliphatic heterocycles. The van der Waals surface area contributed by atoms with Gasteiger partial charge >= 0.3 is 12.1 Å². The first-order valence-corrected chi connectivity index (χ1v) is 6.99. The molecule has 128 valence electrons. The molecule has 1 heterocycles. The minimum absolute atomic E-state index is 0.0428. The van der Waals surface area contributed by atoms with Crippen LogP contribution in [-0.4, -0.2) is 34.6 Å². The average molecular weight is 341 g/mol. The second kappa shape index (κ2) is 7.20. The van der Waals surface area contributed by atoms with Crippen LogP contribution in [0.15, 0.2) is 46.9 Å². The number of furan rings is 1. The van der Waals surface area contributed by atoms with E-state index in [0.29, 0.717) is 5.56 Å². The highest BCUT2D eigenvalue weighted by atomic mass is 19.4. The van der Waals surface area contributed by atoms with Gasteiger partial charge in [0, 0.05) is 13.1 Å². The number of carbonyl (C=O) groups excluding carboxylic acids is 1. The molecule has 1 aromatic carbocycles. The molecule has 0 bridgehead atoms. The Morgan fingerprint density at radius 1 is 1.04 bits per heavy atom. The summed E-state index contributed by atoms with van der Waals surface area (Å²) < 4.78 is 42.4. The fourth-order valence-electron chi connectivity index (χ4n) is 2.04. The molecule has 0 radical (unpaired) electrons. The molecule has 24 heavy (non-hydrogen) atoms. The third-order valence-corrected chi connectivity index (χ3v) is 3.20. The zero-order valence-corrected chi connectivity index (χ0v) is 12.4. The Balaban J connectivity index is 2.19. The quantitative estimate of drug-likeness (QED) is 0.872. The lowest BCUT2D eigenvalue weighted by molar-refractivity contribution is -0.136. The number of halogens is 3. The van der Waals surface area contributed by atoms with Crippen molar-refractivity contribution in [2.45, 2.75) is 19.1 Å². The standard InChI is InChI=1S/C16H14F3NO4/c17-16(18,19)8-9-20(10-11-4-2-1-3-5-11)14(21)12-6-7-13(24-12)15(22)23/h1-7H,8-10H2,(H,22,23). The number of amides is 1. The van der Waals surface area contributed by atoms with Gasteiger partial charge in [0.15, 0.2) is 5.76 Å². The first kappa shape index (κ1) is 17.6. The smallest absolute Gasteiger partial charge is 0.390 e. The monoisotopic (exact) mass is 341 g/mol. The number of hydrogen-bond donors (Lipinski definition) is 1. The number of benzene rings is 1. The van der Waals surface area contributed by atoms with Crippen molar-refractivity contribution in [1.29, 1.82) is 0 Å². The van der Waals surface area contributed by atoms with E-state index in [1.807, 2.05) is 0 Å². The zero-order valence-electron chi connectivity index (χ0n) is 12.4. The van der Waals surface area contributed by atoms with Gasteiger partial charge in [-0.15, -0.1) is 0 Å². The summed E-state index contributed by atoms with van der Waals surface area (Å²) >= 11 is 0. The number of nitrogens with zero attached hydrogens (tertiary/aromatic N) is 1. The topological polar surface area (TPSA) is 70.8 Å². The predicted octanol–water partition coefficient (Wildman–Crippen LogP) is 3.57. The maximum atomic E-state index is 12.5. The predicted molar refractivity (Wildman–Crippen MR) is 77.5 cm³/mol. The van der Waals surface area contributed by atoms with Crippen molar-refractivity contribution in [3.8, 4) is 0 Å². The lowest BCUT2D eigenvalue weighted by atomic mass is 10.2. The fourth-order valence-corrected chi connectivity index (χ4v) is 2.04. The number of hydrogen-bond acceptors (Lipinski definition) is 3. The molecular weight excluding hydrogens is 327 g/mol. The molecule has 0 saturated carbocycles. The van der Waals surface area contributed by atoms with E-state index in [1.54, 1.807) is 30.3 Å². The van der Waals surface area contributed by atoms with Crippen molar-refractivity contribution in [3.05, 3.63) is 59.5 Å². The Morgan fingerprint density at radius 3 is 2.21 bits per heavy atom. The number of carboxylic acids is 1. The first-order chi connectivity index (χ1) is 11.3. The maximum absolute atomic E-state index is 12.5. The second-order valence-electron chi connectivity index (χ2n) is 5.05. The van der Waals surface area contributed by atoms with Crippen molar-refractivity contribution >= 4 is 11.9 Å². The van der Waals surface area contributed by atoms with Crippen LogP contribution >= 0.6 is 0 Å². The van der Waals surface area contributed by atoms with Gasteiger partial charge in [-0.2, -0.15) is 13.2 Å². The van der Waals surface area contributed by atoms with Gasteiger partial charge in [-0.3, -0.25) is 4.79 Å². The molecule has 8 heteroatoms. The Hall–Kier alpha value is -2.77. The van der Waals surface area contributed by atoms with Crippen molar-refractivity contribution in [2.24, 2.45) is 0 Å². The van der Waals surface area contributed by atoms with Crippen molar-refractivity contribution in [2.75, 3.05) is 6.54 Å². The largest absolute Gasteiger partial charge is 0.475 e. The molecule has 0 fully saturated rings. The van der Waals surface area contributed by atoms with Gasteiger partial charge in [-0.25, -0.2) is 4.79 Å². The zero-order chi connectivity index (χ0) is 17.7. The van der Waals surface area contributed by atoms with E-state index < -0.39 is 36.8 Å². The van der Waals surface area contributed by atoms with Gasteiger partial charge in [0.1, 0.15) is 0 Å². The van der Waals surface area contributed by atoms with Crippen LogP contribution in [-0.2, 0) is 6.54 Å². The normalized spacial score (nSPS) is 11.3. The van der Waals surface area contributed by atoms with Gasteiger partial charge < -0.3 is 14.4 Å². The number of alkyl halides is 3. The van der Waals surface area contributed by atoms with E-state index in [-0.39, 0.29) is 12.3 Å². The minimum Gasteiger partial charge on any atom is -0.475 e. The number of carboxylic acid groups (broad SMARTS) is 1. The lowest BCUT2D eigenvalue weighted by Gasteiger charge is -2.22. The van der Waals surface area contributed by atoms with Crippen molar-refractivity contribution in [1.82, 2.24) is 4.90 Å². The third kappa shape index (κ3) is 4.87. The van der Waals surface area contributed by atoms with Gasteiger partial charge in [0.25, 0.3) is 5.91 Å². The second-order valence-corrected chi connectivity index (χ2v) is 5.05. The Kier molecular flexibility index (Phi) is 5.28. The SMILES string of the molecule is O=C(O)c1ccc(C(=O)N(CCC(F)(F)F)Cc2ccccc2)o1. The Bertz CT molecular complexity index is 710. The summed E-state index contributed by atoms with van der Waals surface area (Å²) in [5.41, 5.74) is 0.651. The Labute approximate surface area is 135 Å². The minimum atomic E-state index is -4.41. The van der Waals surface area contributed by atoms with E-state index in [4.69, 9.17) is 9.52 Å². The molecule has 0 unspecified atom stereocenters. The molecule has 0 aliphatic rings. The van der Waals surface area contributed by atoms with E-state index in [2.05, 4.69) is 0 Å². The van der Waals surface area contributed by atoms with Gasteiger partial charge in [-0.05, 0) is 17.7 Å². The van der Waals surface area contributed by atoms with E-state index in [1.165, 1.54) is 0 Å². The van der Waals surface area contributed by atoms with Gasteiger partial charge in [0.05, 0.1) is 6.42 Å². The van der Waals surface area contributed by atoms with Crippen LogP contribution in [0, 0.1) is 0 Å². The van der Waals surface area contributed by atoms with E-state index in [0.717, 1.165) is 17.0 Å². The highest BCUT2D eigenvalue weighted by Gasteiger charge is 2.30. The van der Waals surface area contributed by atoms with Gasteiger partial charge in [-0.1, -0.05) is 30.3 Å². The lowest BCUT2D eigenvalue weighted by Crippen LogP contribution is -2.33. The molecule has 5 nitrogen and oxygen atoms in total. The average Bonchev–Trinajstić information content (AvgIpc) is 3.01. The summed E-state index contributed by atoms with van der Waals surface area (Å²) in [6.07, 6.45) is -5.58.